The van der Waals surface area contributed by atoms with E-state index in [0.29, 0.717) is 17.2 Å². The van der Waals surface area contributed by atoms with Crippen LogP contribution in [0.25, 0.3) is 0 Å². The van der Waals surface area contributed by atoms with Crippen LogP contribution in [0.2, 0.25) is 0 Å². The van der Waals surface area contributed by atoms with Gasteiger partial charge in [-0.2, -0.15) is 0 Å². The fraction of sp³-hybridized carbons (Fsp3) is 0.611. The number of aliphatic hydroxyl groups is 1. The minimum Gasteiger partial charge on any atom is -0.497 e. The summed E-state index contributed by atoms with van der Waals surface area (Å²) >= 11 is 0. The van der Waals surface area contributed by atoms with Gasteiger partial charge >= 0.3 is 0 Å². The van der Waals surface area contributed by atoms with Crippen molar-refractivity contribution >= 4 is 5.91 Å². The molecule has 1 aromatic rings. The topological polar surface area (TPSA) is 53.0 Å². The molecule has 3 rings (SSSR count). The molecule has 2 aliphatic rings. The molecule has 126 valence electrons. The number of amides is 1. The van der Waals surface area contributed by atoms with E-state index in [4.69, 9.17) is 4.74 Å². The fourth-order valence-corrected chi connectivity index (χ4v) is 3.97. The third-order valence-electron chi connectivity index (χ3n) is 5.20. The Bertz CT molecular complexity index is 563. The van der Waals surface area contributed by atoms with E-state index in [2.05, 4.69) is 11.9 Å². The van der Waals surface area contributed by atoms with Gasteiger partial charge in [0.1, 0.15) is 5.75 Å². The van der Waals surface area contributed by atoms with Crippen LogP contribution in [0, 0.1) is 5.92 Å². The van der Waals surface area contributed by atoms with Crippen LogP contribution in [-0.4, -0.2) is 60.6 Å². The lowest BCUT2D eigenvalue weighted by Gasteiger charge is -2.47. The molecule has 2 fully saturated rings. The number of rotatable bonds is 3. The Hall–Kier alpha value is -1.59. The van der Waals surface area contributed by atoms with E-state index in [1.54, 1.807) is 25.3 Å². The number of fused-ring (bicyclic) bond motifs is 1. The number of benzene rings is 1. The zero-order chi connectivity index (χ0) is 16.4. The smallest absolute Gasteiger partial charge is 0.256 e. The van der Waals surface area contributed by atoms with Crippen molar-refractivity contribution < 1.29 is 14.6 Å². The number of hydrogen-bond acceptors (Lipinski definition) is 4. The molecule has 1 aromatic carbocycles. The van der Waals surface area contributed by atoms with Crippen LogP contribution < -0.4 is 4.74 Å². The number of methoxy groups -OCH3 is 1. The minimum atomic E-state index is -1.11. The first-order chi connectivity index (χ1) is 11.1. The maximum absolute atomic E-state index is 12.9. The van der Waals surface area contributed by atoms with Gasteiger partial charge in [0.05, 0.1) is 7.11 Å². The summed E-state index contributed by atoms with van der Waals surface area (Å²) in [6.07, 6.45) is 2.08. The Labute approximate surface area is 137 Å². The Kier molecular flexibility index (Phi) is 4.87. The first-order valence-corrected chi connectivity index (χ1v) is 8.41. The van der Waals surface area contributed by atoms with Crippen LogP contribution in [0.5, 0.6) is 5.75 Å². The number of carbonyl (C=O) groups excluding carboxylic acids is 1. The largest absolute Gasteiger partial charge is 0.497 e. The molecule has 23 heavy (non-hydrogen) atoms. The molecule has 2 heterocycles. The van der Waals surface area contributed by atoms with E-state index in [9.17, 15) is 9.90 Å². The highest BCUT2D eigenvalue weighted by atomic mass is 16.5. The molecule has 5 heteroatoms. The normalized spacial score (nSPS) is 26.5. The minimum absolute atomic E-state index is 0.169. The molecule has 3 unspecified atom stereocenters. The van der Waals surface area contributed by atoms with E-state index in [1.165, 1.54) is 6.42 Å². The lowest BCUT2D eigenvalue weighted by atomic mass is 9.83. The molecule has 0 bridgehead atoms. The summed E-state index contributed by atoms with van der Waals surface area (Å²) in [5.74, 6) is 1.02. The maximum atomic E-state index is 12.9. The van der Waals surface area contributed by atoms with Crippen LogP contribution in [0.15, 0.2) is 24.3 Å². The van der Waals surface area contributed by atoms with Gasteiger partial charge in [-0.1, -0.05) is 12.1 Å². The average Bonchev–Trinajstić information content (AvgIpc) is 2.59. The van der Waals surface area contributed by atoms with Gasteiger partial charge in [-0.05, 0) is 56.5 Å². The van der Waals surface area contributed by atoms with Gasteiger partial charge in [0.2, 0.25) is 0 Å². The zero-order valence-electron chi connectivity index (χ0n) is 13.9. The van der Waals surface area contributed by atoms with Crippen molar-refractivity contribution in [2.75, 3.05) is 33.8 Å². The van der Waals surface area contributed by atoms with Gasteiger partial charge in [-0.15, -0.1) is 0 Å². The number of hydrogen-bond donors (Lipinski definition) is 1. The van der Waals surface area contributed by atoms with Crippen molar-refractivity contribution in [1.82, 2.24) is 9.80 Å². The van der Waals surface area contributed by atoms with Gasteiger partial charge in [0.25, 0.3) is 5.91 Å². The molecule has 0 saturated carbocycles. The van der Waals surface area contributed by atoms with Crippen molar-refractivity contribution in [1.29, 1.82) is 0 Å². The molecule has 0 aromatic heterocycles. The van der Waals surface area contributed by atoms with Gasteiger partial charge in [0, 0.05) is 19.1 Å². The van der Waals surface area contributed by atoms with E-state index in [1.807, 2.05) is 11.0 Å². The summed E-state index contributed by atoms with van der Waals surface area (Å²) < 4.78 is 5.19. The molecule has 1 N–H and O–H groups in total. The Morgan fingerprint density at radius 1 is 1.35 bits per heavy atom. The van der Waals surface area contributed by atoms with E-state index >= 15 is 0 Å². The molecular weight excluding hydrogens is 292 g/mol. The Morgan fingerprint density at radius 2 is 2.17 bits per heavy atom. The standard InChI is InChI=1S/C18H26N2O3/c1-19-10-8-16-14(12-19)6-4-9-20(16)18(22)17(21)13-5-3-7-15(11-13)23-2/h3,5,7,11,14,16-17,21H,4,6,8-10,12H2,1-2H3. The van der Waals surface area contributed by atoms with Crippen molar-refractivity contribution in [3.63, 3.8) is 0 Å². The number of aliphatic hydroxyl groups excluding tert-OH is 1. The summed E-state index contributed by atoms with van der Waals surface area (Å²) in [4.78, 5) is 17.1. The first kappa shape index (κ1) is 16.3. The summed E-state index contributed by atoms with van der Waals surface area (Å²) in [5.41, 5.74) is 0.601. The highest BCUT2D eigenvalue weighted by Crippen LogP contribution is 2.32. The number of likely N-dealkylation sites (tertiary alicyclic amines) is 2. The van der Waals surface area contributed by atoms with Crippen LogP contribution in [-0.2, 0) is 4.79 Å². The predicted octanol–water partition coefficient (Wildman–Crippen LogP) is 1.67. The second kappa shape index (κ2) is 6.89. The van der Waals surface area contributed by atoms with Crippen LogP contribution in [0.3, 0.4) is 0 Å². The molecular formula is C18H26N2O3. The molecule has 0 spiro atoms. The number of ether oxygens (including phenoxy) is 1. The summed E-state index contributed by atoms with van der Waals surface area (Å²) in [6.45, 7) is 2.81. The third kappa shape index (κ3) is 3.35. The zero-order valence-corrected chi connectivity index (χ0v) is 13.9. The molecule has 3 atom stereocenters. The van der Waals surface area contributed by atoms with E-state index in [0.717, 1.165) is 32.5 Å². The summed E-state index contributed by atoms with van der Waals surface area (Å²) in [6, 6.07) is 7.40. The first-order valence-electron chi connectivity index (χ1n) is 8.41. The molecule has 1 amide bonds. The van der Waals surface area contributed by atoms with Crippen molar-refractivity contribution in [3.05, 3.63) is 29.8 Å². The van der Waals surface area contributed by atoms with Crippen LogP contribution >= 0.6 is 0 Å². The molecule has 0 aliphatic carbocycles. The lowest BCUT2D eigenvalue weighted by molar-refractivity contribution is -0.147. The monoisotopic (exact) mass is 318 g/mol. The van der Waals surface area contributed by atoms with Gasteiger partial charge < -0.3 is 19.6 Å². The van der Waals surface area contributed by atoms with E-state index < -0.39 is 6.10 Å². The third-order valence-corrected chi connectivity index (χ3v) is 5.20. The van der Waals surface area contributed by atoms with Gasteiger partial charge in [-0.3, -0.25) is 4.79 Å². The van der Waals surface area contributed by atoms with Crippen molar-refractivity contribution in [2.24, 2.45) is 5.92 Å². The quantitative estimate of drug-likeness (QED) is 0.921. The molecule has 2 saturated heterocycles. The highest BCUT2D eigenvalue weighted by Gasteiger charge is 2.39. The Morgan fingerprint density at radius 3 is 2.96 bits per heavy atom. The van der Waals surface area contributed by atoms with Crippen LogP contribution in [0.1, 0.15) is 30.9 Å². The molecule has 2 aliphatic heterocycles. The van der Waals surface area contributed by atoms with Gasteiger partial charge in [0.15, 0.2) is 6.10 Å². The predicted molar refractivity (Wildman–Crippen MR) is 88.3 cm³/mol. The fourth-order valence-electron chi connectivity index (χ4n) is 3.97. The highest BCUT2D eigenvalue weighted by molar-refractivity contribution is 5.82. The second-order valence-corrected chi connectivity index (χ2v) is 6.73. The Balaban J connectivity index is 1.75. The van der Waals surface area contributed by atoms with Gasteiger partial charge in [-0.25, -0.2) is 0 Å². The van der Waals surface area contributed by atoms with Crippen LogP contribution in [0.4, 0.5) is 0 Å². The van der Waals surface area contributed by atoms with E-state index in [-0.39, 0.29) is 11.9 Å². The lowest BCUT2D eigenvalue weighted by Crippen LogP contribution is -2.56. The van der Waals surface area contributed by atoms with Crippen molar-refractivity contribution in [2.45, 2.75) is 31.4 Å². The second-order valence-electron chi connectivity index (χ2n) is 6.73. The number of nitrogens with zero attached hydrogens (tertiary/aromatic N) is 2. The average molecular weight is 318 g/mol. The van der Waals surface area contributed by atoms with Crippen molar-refractivity contribution in [3.8, 4) is 5.75 Å². The SMILES string of the molecule is COc1cccc(C(O)C(=O)N2CCCC3CN(C)CCC32)c1. The number of piperidine rings is 2. The summed E-state index contributed by atoms with van der Waals surface area (Å²) in [7, 11) is 3.73. The molecule has 5 nitrogen and oxygen atoms in total. The molecule has 0 radical (unpaired) electrons. The summed E-state index contributed by atoms with van der Waals surface area (Å²) in [5, 5.41) is 10.5. The number of carbonyl (C=O) groups is 1. The maximum Gasteiger partial charge on any atom is 0.256 e.